The number of nitrogen functional groups attached to an aromatic ring is 1. The van der Waals surface area contributed by atoms with Crippen LogP contribution in [0.5, 0.6) is 0 Å². The molecule has 0 radical (unpaired) electrons. The van der Waals surface area contributed by atoms with Crippen LogP contribution < -0.4 is 5.73 Å². The number of hydrogen-bond acceptors (Lipinski definition) is 8. The lowest BCUT2D eigenvalue weighted by molar-refractivity contribution is -0.142. The first kappa shape index (κ1) is 32.1. The number of carbonyl (C=O) groups is 1. The molecule has 3 aromatic heterocycles. The number of anilines is 1. The number of nitrogens with two attached hydrogens (primary N) is 1. The number of likely N-dealkylation sites (N-methyl/N-ethyl adjacent to an activating group) is 1. The summed E-state index contributed by atoms with van der Waals surface area (Å²) in [5, 5.41) is 21.1. The SMILES string of the molecule is CN(CCO)S(=O)(=O)c1cc(N)c(Cl)s1.O=C(O)c1cnn2c(C(F)(F)F)cc(-c3ccc(C(F)(F)F)cc3)nc12. The fourth-order valence-electron chi connectivity index (χ4n) is 3.20. The third-order valence-electron chi connectivity index (χ3n) is 5.27. The zero-order valence-corrected chi connectivity index (χ0v) is 22.8. The van der Waals surface area contributed by atoms with E-state index in [-0.39, 0.29) is 38.6 Å². The van der Waals surface area contributed by atoms with E-state index in [2.05, 4.69) is 10.1 Å². The summed E-state index contributed by atoms with van der Waals surface area (Å²) in [5.74, 6) is -1.54. The number of sulfonamides is 1. The second-order valence-electron chi connectivity index (χ2n) is 8.04. The molecule has 222 valence electrons. The molecular formula is C22H18ClF6N5O5S2. The summed E-state index contributed by atoms with van der Waals surface area (Å²) in [6, 6.07) is 5.22. The smallest absolute Gasteiger partial charge is 0.433 e. The summed E-state index contributed by atoms with van der Waals surface area (Å²) in [6.45, 7) is -0.192. The summed E-state index contributed by atoms with van der Waals surface area (Å²) >= 11 is 6.58. The Labute approximate surface area is 236 Å². The van der Waals surface area contributed by atoms with Crippen LogP contribution in [0.2, 0.25) is 4.34 Å². The monoisotopic (exact) mass is 645 g/mol. The highest BCUT2D eigenvalue weighted by Gasteiger charge is 2.36. The molecule has 4 N–H and O–H groups in total. The van der Waals surface area contributed by atoms with Crippen LogP contribution >= 0.6 is 22.9 Å². The molecule has 0 bridgehead atoms. The largest absolute Gasteiger partial charge is 0.477 e. The Morgan fingerprint density at radius 3 is 2.20 bits per heavy atom. The number of halogens is 7. The van der Waals surface area contributed by atoms with Gasteiger partial charge in [-0.05, 0) is 24.3 Å². The maximum absolute atomic E-state index is 13.3. The Morgan fingerprint density at radius 1 is 1.12 bits per heavy atom. The van der Waals surface area contributed by atoms with E-state index in [1.54, 1.807) is 0 Å². The first-order valence-electron chi connectivity index (χ1n) is 10.9. The van der Waals surface area contributed by atoms with Gasteiger partial charge >= 0.3 is 18.3 Å². The predicted octanol–water partition coefficient (Wildman–Crippen LogP) is 4.73. The summed E-state index contributed by atoms with van der Waals surface area (Å²) < 4.78 is 103. The molecule has 4 rings (SSSR count). The number of aliphatic hydroxyl groups excluding tert-OH is 1. The number of carboxylic acids is 1. The summed E-state index contributed by atoms with van der Waals surface area (Å²) in [6.07, 6.45) is -8.77. The van der Waals surface area contributed by atoms with Gasteiger partial charge in [-0.1, -0.05) is 23.7 Å². The van der Waals surface area contributed by atoms with Crippen molar-refractivity contribution in [3.8, 4) is 11.3 Å². The van der Waals surface area contributed by atoms with Crippen LogP contribution in [0.15, 0.2) is 46.8 Å². The lowest BCUT2D eigenvalue weighted by Crippen LogP contribution is -2.29. The zero-order chi connectivity index (χ0) is 30.9. The molecule has 1 aromatic carbocycles. The van der Waals surface area contributed by atoms with E-state index in [9.17, 15) is 39.6 Å². The summed E-state index contributed by atoms with van der Waals surface area (Å²) in [4.78, 5) is 15.0. The van der Waals surface area contributed by atoms with Crippen molar-refractivity contribution >= 4 is 50.3 Å². The Morgan fingerprint density at radius 2 is 1.73 bits per heavy atom. The lowest BCUT2D eigenvalue weighted by Gasteiger charge is -2.13. The summed E-state index contributed by atoms with van der Waals surface area (Å²) in [5.41, 5.74) is 1.92. The maximum Gasteiger partial charge on any atom is 0.433 e. The van der Waals surface area contributed by atoms with Gasteiger partial charge in [-0.2, -0.15) is 35.7 Å². The number of hydrogen-bond donors (Lipinski definition) is 3. The van der Waals surface area contributed by atoms with Crippen molar-refractivity contribution in [3.63, 3.8) is 0 Å². The molecule has 0 aliphatic carbocycles. The number of rotatable bonds is 6. The molecule has 0 aliphatic rings. The van der Waals surface area contributed by atoms with Crippen molar-refractivity contribution < 1.29 is 49.8 Å². The van der Waals surface area contributed by atoms with E-state index in [1.807, 2.05) is 0 Å². The normalized spacial score (nSPS) is 12.4. The maximum atomic E-state index is 13.3. The second-order valence-corrected chi connectivity index (χ2v) is 12.0. The molecule has 10 nitrogen and oxygen atoms in total. The third kappa shape index (κ3) is 7.07. The minimum Gasteiger partial charge on any atom is -0.477 e. The molecule has 0 unspecified atom stereocenters. The van der Waals surface area contributed by atoms with Gasteiger partial charge in [-0.25, -0.2) is 22.7 Å². The van der Waals surface area contributed by atoms with Crippen molar-refractivity contribution in [2.24, 2.45) is 0 Å². The lowest BCUT2D eigenvalue weighted by atomic mass is 10.1. The van der Waals surface area contributed by atoms with Crippen molar-refractivity contribution in [1.29, 1.82) is 0 Å². The second kappa shape index (κ2) is 11.8. The van der Waals surface area contributed by atoms with Gasteiger partial charge in [0.1, 0.15) is 14.1 Å². The average molecular weight is 646 g/mol. The van der Waals surface area contributed by atoms with Crippen LogP contribution in [0.1, 0.15) is 21.6 Å². The topological polar surface area (TPSA) is 151 Å². The number of nitrogens with zero attached hydrogens (tertiary/aromatic N) is 4. The molecule has 41 heavy (non-hydrogen) atoms. The number of fused-ring (bicyclic) bond motifs is 1. The van der Waals surface area contributed by atoms with Gasteiger partial charge in [0.15, 0.2) is 11.3 Å². The molecular weight excluding hydrogens is 628 g/mol. The molecule has 3 heterocycles. The Kier molecular flexibility index (Phi) is 9.23. The molecule has 0 amide bonds. The Balaban J connectivity index is 0.000000263. The van der Waals surface area contributed by atoms with Crippen molar-refractivity contribution in [2.45, 2.75) is 16.6 Å². The minimum atomic E-state index is -4.89. The Hall–Kier alpha value is -3.45. The van der Waals surface area contributed by atoms with E-state index in [0.29, 0.717) is 22.7 Å². The van der Waals surface area contributed by atoms with Crippen LogP contribution in [0.25, 0.3) is 16.9 Å². The Bertz CT molecular complexity index is 1650. The van der Waals surface area contributed by atoms with Crippen LogP contribution in [0, 0.1) is 0 Å². The van der Waals surface area contributed by atoms with Gasteiger partial charge in [0.25, 0.3) is 10.0 Å². The number of benzene rings is 1. The highest BCUT2D eigenvalue weighted by atomic mass is 35.5. The fraction of sp³-hybridized carbons (Fsp3) is 0.227. The molecule has 0 aliphatic heterocycles. The number of carboxylic acid groups (broad SMARTS) is 1. The van der Waals surface area contributed by atoms with Crippen LogP contribution in [-0.4, -0.2) is 63.7 Å². The average Bonchev–Trinajstić information content (AvgIpc) is 3.46. The van der Waals surface area contributed by atoms with Gasteiger partial charge in [-0.3, -0.25) is 0 Å². The quantitative estimate of drug-likeness (QED) is 0.255. The number of aromatic nitrogens is 3. The standard InChI is InChI=1S/C15H7F6N3O2.C7H11ClN2O3S2/c16-14(17,18)8-3-1-7(2-4-8)10-5-11(15(19,20)21)24-12(23-10)9(6-22-24)13(25)26;1-10(2-3-11)15(12,13)6-4-5(9)7(8)14-6/h1-6H,(H,25,26);4,11H,2-3,9H2,1H3. The van der Waals surface area contributed by atoms with Crippen molar-refractivity contribution in [1.82, 2.24) is 18.9 Å². The number of aromatic carboxylic acids is 1. The van der Waals surface area contributed by atoms with E-state index in [0.717, 1.165) is 34.0 Å². The highest BCUT2D eigenvalue weighted by molar-refractivity contribution is 7.91. The van der Waals surface area contributed by atoms with E-state index < -0.39 is 50.8 Å². The number of alkyl halides is 6. The fourth-order valence-corrected chi connectivity index (χ4v) is 6.13. The minimum absolute atomic E-state index is 0.0384. The van der Waals surface area contributed by atoms with Gasteiger partial charge in [0, 0.05) is 19.2 Å². The van der Waals surface area contributed by atoms with E-state index in [1.165, 1.54) is 13.1 Å². The van der Waals surface area contributed by atoms with E-state index in [4.69, 9.17) is 27.5 Å². The molecule has 4 aromatic rings. The van der Waals surface area contributed by atoms with Gasteiger partial charge < -0.3 is 15.9 Å². The summed E-state index contributed by atoms with van der Waals surface area (Å²) in [7, 11) is -2.19. The molecule has 0 fully saturated rings. The van der Waals surface area contributed by atoms with Crippen molar-refractivity contribution in [3.05, 3.63) is 63.8 Å². The van der Waals surface area contributed by atoms with Crippen LogP contribution in [0.4, 0.5) is 32.0 Å². The van der Waals surface area contributed by atoms with Gasteiger partial charge in [0.2, 0.25) is 0 Å². The first-order valence-corrected chi connectivity index (χ1v) is 13.5. The molecule has 0 saturated carbocycles. The van der Waals surface area contributed by atoms with Crippen molar-refractivity contribution in [2.75, 3.05) is 25.9 Å². The van der Waals surface area contributed by atoms with Crippen LogP contribution in [-0.2, 0) is 22.4 Å². The third-order valence-corrected chi connectivity index (χ3v) is 8.97. The molecule has 19 heteroatoms. The molecule has 0 saturated heterocycles. The molecule has 0 spiro atoms. The number of aliphatic hydroxyl groups is 1. The van der Waals surface area contributed by atoms with Gasteiger partial charge in [-0.15, -0.1) is 11.3 Å². The van der Waals surface area contributed by atoms with E-state index >= 15 is 0 Å². The van der Waals surface area contributed by atoms with Crippen LogP contribution in [0.3, 0.4) is 0 Å². The predicted molar refractivity (Wildman–Crippen MR) is 136 cm³/mol. The first-order chi connectivity index (χ1) is 18.9. The number of thiophene rings is 1. The molecule has 0 atom stereocenters. The van der Waals surface area contributed by atoms with Gasteiger partial charge in [0.05, 0.1) is 29.7 Å². The zero-order valence-electron chi connectivity index (χ0n) is 20.4. The highest BCUT2D eigenvalue weighted by Crippen LogP contribution is 2.35.